The number of hydrogen-bond acceptors (Lipinski definition) is 6. The molecular formula is C17H28N4O3S. The highest BCUT2D eigenvalue weighted by Crippen LogP contribution is 2.29. The molecule has 1 aromatic heterocycles. The molecule has 1 unspecified atom stereocenters. The minimum Gasteiger partial charge on any atom is -0.480 e. The fraction of sp³-hybridized carbons (Fsp3) is 0.824. The van der Waals surface area contributed by atoms with Gasteiger partial charge in [-0.2, -0.15) is 16.9 Å². The number of aryl methyl sites for hydroxylation is 1. The Hall–Kier alpha value is -1.12. The van der Waals surface area contributed by atoms with E-state index in [1.807, 2.05) is 0 Å². The van der Waals surface area contributed by atoms with Crippen molar-refractivity contribution < 1.29 is 14.6 Å². The van der Waals surface area contributed by atoms with E-state index in [2.05, 4.69) is 16.3 Å². The lowest BCUT2D eigenvalue weighted by Gasteiger charge is -2.39. The van der Waals surface area contributed by atoms with Gasteiger partial charge in [-0.15, -0.1) is 0 Å². The van der Waals surface area contributed by atoms with Crippen LogP contribution in [0.15, 0.2) is 0 Å². The van der Waals surface area contributed by atoms with E-state index >= 15 is 0 Å². The molecule has 0 spiro atoms. The molecule has 3 heterocycles. The van der Waals surface area contributed by atoms with Gasteiger partial charge < -0.3 is 9.84 Å². The minimum atomic E-state index is -0.861. The fourth-order valence-electron chi connectivity index (χ4n) is 3.85. The number of hydrogen-bond donors (Lipinski definition) is 1. The Labute approximate surface area is 153 Å². The van der Waals surface area contributed by atoms with Gasteiger partial charge in [0.25, 0.3) is 0 Å². The van der Waals surface area contributed by atoms with Crippen molar-refractivity contribution in [2.24, 2.45) is 0 Å². The number of carboxylic acid groups (broad SMARTS) is 1. The predicted octanol–water partition coefficient (Wildman–Crippen LogP) is 1.63. The minimum absolute atomic E-state index is 0.102. The molecule has 0 saturated carbocycles. The molecule has 1 atom stereocenters. The molecule has 140 valence electrons. The third kappa shape index (κ3) is 4.95. The third-order valence-electron chi connectivity index (χ3n) is 5.08. The van der Waals surface area contributed by atoms with Gasteiger partial charge in [0.05, 0.1) is 0 Å². The molecular weight excluding hydrogens is 340 g/mol. The standard InChI is InChI=1S/C17H28N4O3S/c1-25-10-6-15-18-17(21(19-15)12-16(22)23)13-3-2-7-20(11-13)14-4-8-24-9-5-14/h13-14H,2-12H2,1H3,(H,22,23). The molecule has 1 aromatic rings. The second kappa shape index (κ2) is 9.00. The Morgan fingerprint density at radius 2 is 2.16 bits per heavy atom. The topological polar surface area (TPSA) is 80.5 Å². The molecule has 0 radical (unpaired) electrons. The number of piperidine rings is 1. The van der Waals surface area contributed by atoms with Crippen molar-refractivity contribution in [3.8, 4) is 0 Å². The Kier molecular flexibility index (Phi) is 6.72. The van der Waals surface area contributed by atoms with Crippen molar-refractivity contribution in [3.63, 3.8) is 0 Å². The summed E-state index contributed by atoms with van der Waals surface area (Å²) in [6.07, 6.45) is 7.21. The summed E-state index contributed by atoms with van der Waals surface area (Å²) in [5.74, 6) is 1.99. The average Bonchev–Trinajstić information content (AvgIpc) is 3.03. The summed E-state index contributed by atoms with van der Waals surface area (Å²) < 4.78 is 7.11. The van der Waals surface area contributed by atoms with Crippen LogP contribution < -0.4 is 0 Å². The lowest BCUT2D eigenvalue weighted by Crippen LogP contribution is -2.45. The van der Waals surface area contributed by atoms with E-state index in [0.29, 0.717) is 6.04 Å². The summed E-state index contributed by atoms with van der Waals surface area (Å²) in [6, 6.07) is 0.586. The van der Waals surface area contributed by atoms with Crippen molar-refractivity contribution in [1.82, 2.24) is 19.7 Å². The Bertz CT molecular complexity index is 574. The molecule has 0 aromatic carbocycles. The van der Waals surface area contributed by atoms with Crippen LogP contribution in [0.25, 0.3) is 0 Å². The van der Waals surface area contributed by atoms with Crippen LogP contribution in [0, 0.1) is 0 Å². The fourth-order valence-corrected chi connectivity index (χ4v) is 4.23. The molecule has 2 aliphatic heterocycles. The van der Waals surface area contributed by atoms with E-state index in [4.69, 9.17) is 9.72 Å². The Morgan fingerprint density at radius 3 is 2.88 bits per heavy atom. The van der Waals surface area contributed by atoms with Crippen molar-refractivity contribution >= 4 is 17.7 Å². The van der Waals surface area contributed by atoms with Crippen LogP contribution in [0.5, 0.6) is 0 Å². The summed E-state index contributed by atoms with van der Waals surface area (Å²) in [4.78, 5) is 18.5. The maximum atomic E-state index is 11.2. The first-order valence-electron chi connectivity index (χ1n) is 9.13. The van der Waals surface area contributed by atoms with Gasteiger partial charge in [0.15, 0.2) is 5.82 Å². The molecule has 0 aliphatic carbocycles. The summed E-state index contributed by atoms with van der Waals surface area (Å²) >= 11 is 1.75. The normalized spacial score (nSPS) is 23.0. The largest absolute Gasteiger partial charge is 0.480 e. The molecule has 2 saturated heterocycles. The Balaban J connectivity index is 1.73. The van der Waals surface area contributed by atoms with Crippen LogP contribution >= 0.6 is 11.8 Å². The SMILES string of the molecule is CSCCc1nc(C2CCCN(C3CCOCC3)C2)n(CC(=O)O)n1. The van der Waals surface area contributed by atoms with Gasteiger partial charge in [0.2, 0.25) is 0 Å². The van der Waals surface area contributed by atoms with Gasteiger partial charge in [-0.3, -0.25) is 9.69 Å². The number of ether oxygens (including phenoxy) is 1. The van der Waals surface area contributed by atoms with Crippen LogP contribution in [0.4, 0.5) is 0 Å². The van der Waals surface area contributed by atoms with Crippen LogP contribution in [-0.2, 0) is 22.5 Å². The van der Waals surface area contributed by atoms with E-state index in [1.165, 1.54) is 0 Å². The molecule has 0 amide bonds. The molecule has 2 fully saturated rings. The molecule has 3 rings (SSSR count). The maximum Gasteiger partial charge on any atom is 0.325 e. The number of rotatable bonds is 7. The monoisotopic (exact) mass is 368 g/mol. The zero-order valence-electron chi connectivity index (χ0n) is 14.9. The van der Waals surface area contributed by atoms with Gasteiger partial charge in [0, 0.05) is 43.9 Å². The van der Waals surface area contributed by atoms with Crippen molar-refractivity contribution in [1.29, 1.82) is 0 Å². The molecule has 0 bridgehead atoms. The number of aromatic nitrogens is 3. The predicted molar refractivity (Wildman–Crippen MR) is 97.1 cm³/mol. The van der Waals surface area contributed by atoms with E-state index in [-0.39, 0.29) is 12.5 Å². The van der Waals surface area contributed by atoms with Crippen LogP contribution in [0.3, 0.4) is 0 Å². The van der Waals surface area contributed by atoms with E-state index in [1.54, 1.807) is 16.4 Å². The second-order valence-electron chi connectivity index (χ2n) is 6.86. The van der Waals surface area contributed by atoms with Crippen LogP contribution in [0.2, 0.25) is 0 Å². The number of nitrogens with zero attached hydrogens (tertiary/aromatic N) is 4. The van der Waals surface area contributed by atoms with E-state index in [9.17, 15) is 9.90 Å². The highest BCUT2D eigenvalue weighted by molar-refractivity contribution is 7.98. The van der Waals surface area contributed by atoms with Crippen molar-refractivity contribution in [2.75, 3.05) is 38.3 Å². The maximum absolute atomic E-state index is 11.2. The quantitative estimate of drug-likeness (QED) is 0.783. The number of likely N-dealkylation sites (tertiary alicyclic amines) is 1. The van der Waals surface area contributed by atoms with Crippen molar-refractivity contribution in [2.45, 2.75) is 50.6 Å². The summed E-state index contributed by atoms with van der Waals surface area (Å²) in [6.45, 7) is 3.66. The first-order valence-corrected chi connectivity index (χ1v) is 10.5. The molecule has 8 heteroatoms. The highest BCUT2D eigenvalue weighted by Gasteiger charge is 2.31. The molecule has 7 nitrogen and oxygen atoms in total. The van der Waals surface area contributed by atoms with Gasteiger partial charge in [-0.25, -0.2) is 9.67 Å². The number of carboxylic acids is 1. The molecule has 25 heavy (non-hydrogen) atoms. The molecule has 2 aliphatic rings. The summed E-state index contributed by atoms with van der Waals surface area (Å²) in [7, 11) is 0. The first-order chi connectivity index (χ1) is 12.2. The van der Waals surface area contributed by atoms with Crippen molar-refractivity contribution in [3.05, 3.63) is 11.6 Å². The van der Waals surface area contributed by atoms with E-state index in [0.717, 1.165) is 75.8 Å². The third-order valence-corrected chi connectivity index (χ3v) is 5.70. The zero-order valence-corrected chi connectivity index (χ0v) is 15.7. The number of carbonyl (C=O) groups is 1. The van der Waals surface area contributed by atoms with Gasteiger partial charge >= 0.3 is 5.97 Å². The lowest BCUT2D eigenvalue weighted by molar-refractivity contribution is -0.138. The highest BCUT2D eigenvalue weighted by atomic mass is 32.2. The molecule has 1 N–H and O–H groups in total. The van der Waals surface area contributed by atoms with Gasteiger partial charge in [-0.1, -0.05) is 0 Å². The van der Waals surface area contributed by atoms with E-state index < -0.39 is 5.97 Å². The first kappa shape index (κ1) is 18.7. The number of aliphatic carboxylic acids is 1. The van der Waals surface area contributed by atoms with Gasteiger partial charge in [0.1, 0.15) is 12.4 Å². The summed E-state index contributed by atoms with van der Waals surface area (Å²) in [5.41, 5.74) is 0. The smallest absolute Gasteiger partial charge is 0.325 e. The number of thioether (sulfide) groups is 1. The van der Waals surface area contributed by atoms with Crippen LogP contribution in [0.1, 0.15) is 43.3 Å². The average molecular weight is 369 g/mol. The lowest BCUT2D eigenvalue weighted by atomic mass is 9.94. The van der Waals surface area contributed by atoms with Gasteiger partial charge in [-0.05, 0) is 38.5 Å². The Morgan fingerprint density at radius 1 is 1.36 bits per heavy atom. The van der Waals surface area contributed by atoms with Crippen LogP contribution in [-0.4, -0.2) is 75.1 Å². The zero-order chi connectivity index (χ0) is 17.6. The summed E-state index contributed by atoms with van der Waals surface area (Å²) in [5, 5.41) is 13.7. The second-order valence-corrected chi connectivity index (χ2v) is 7.84.